The minimum atomic E-state index is -0.985. The Hall–Kier alpha value is -2.89. The fraction of sp³-hybridized carbons (Fsp3) is 0.480. The SMILES string of the molecule is O=C(O)c1cc2cc(c1)OCCCCCCOc1ccc(cc1)OCCCCCCO2. The first kappa shape index (κ1) is 22.8. The molecule has 1 N–H and O–H groups in total. The van der Waals surface area contributed by atoms with Crippen LogP contribution in [0, 0.1) is 0 Å². The van der Waals surface area contributed by atoms with Gasteiger partial charge in [0.15, 0.2) is 0 Å². The zero-order valence-corrected chi connectivity index (χ0v) is 18.0. The lowest BCUT2D eigenvalue weighted by Gasteiger charge is -2.11. The van der Waals surface area contributed by atoms with Crippen LogP contribution in [-0.2, 0) is 0 Å². The van der Waals surface area contributed by atoms with Gasteiger partial charge in [-0.25, -0.2) is 4.79 Å². The highest BCUT2D eigenvalue weighted by Crippen LogP contribution is 2.24. The average Bonchev–Trinajstić information content (AvgIpc) is 2.77. The molecule has 0 saturated carbocycles. The summed E-state index contributed by atoms with van der Waals surface area (Å²) in [5, 5.41) is 9.36. The number of carboxylic acids is 1. The lowest BCUT2D eigenvalue weighted by atomic mass is 10.2. The molecule has 0 saturated heterocycles. The van der Waals surface area contributed by atoms with Crippen LogP contribution in [0.2, 0.25) is 0 Å². The molecule has 0 radical (unpaired) electrons. The monoisotopic (exact) mass is 428 g/mol. The highest BCUT2D eigenvalue weighted by Gasteiger charge is 2.09. The van der Waals surface area contributed by atoms with Crippen LogP contribution in [0.4, 0.5) is 0 Å². The second-order valence-corrected chi connectivity index (χ2v) is 7.69. The van der Waals surface area contributed by atoms with Crippen molar-refractivity contribution in [3.8, 4) is 23.0 Å². The van der Waals surface area contributed by atoms with Gasteiger partial charge in [0, 0.05) is 6.07 Å². The molecule has 2 aliphatic rings. The molecule has 0 unspecified atom stereocenters. The van der Waals surface area contributed by atoms with Crippen LogP contribution in [0.1, 0.15) is 61.7 Å². The molecule has 6 heteroatoms. The predicted octanol–water partition coefficient (Wildman–Crippen LogP) is 5.73. The maximum Gasteiger partial charge on any atom is 0.335 e. The summed E-state index contributed by atoms with van der Waals surface area (Å²) in [6, 6.07) is 12.7. The van der Waals surface area contributed by atoms with Crippen LogP contribution in [0.15, 0.2) is 42.5 Å². The molecule has 2 aliphatic heterocycles. The molecule has 0 aliphatic carbocycles. The molecule has 4 bridgehead atoms. The van der Waals surface area contributed by atoms with E-state index in [1.165, 1.54) is 0 Å². The molecule has 0 aromatic heterocycles. The first-order chi connectivity index (χ1) is 15.2. The summed E-state index contributed by atoms with van der Waals surface area (Å²) in [5.41, 5.74) is 0.180. The summed E-state index contributed by atoms with van der Waals surface area (Å²) in [5.74, 6) is 1.82. The van der Waals surface area contributed by atoms with Gasteiger partial charge in [0.1, 0.15) is 23.0 Å². The van der Waals surface area contributed by atoms with Crippen molar-refractivity contribution in [3.63, 3.8) is 0 Å². The smallest absolute Gasteiger partial charge is 0.335 e. The maximum atomic E-state index is 11.4. The van der Waals surface area contributed by atoms with Gasteiger partial charge in [0.2, 0.25) is 0 Å². The van der Waals surface area contributed by atoms with Crippen molar-refractivity contribution in [2.45, 2.75) is 51.4 Å². The van der Waals surface area contributed by atoms with E-state index in [0.717, 1.165) is 62.9 Å². The zero-order valence-electron chi connectivity index (χ0n) is 18.0. The van der Waals surface area contributed by atoms with Gasteiger partial charge in [-0.05, 0) is 87.8 Å². The molecule has 0 atom stereocenters. The number of hydrogen-bond donors (Lipinski definition) is 1. The van der Waals surface area contributed by atoms with E-state index in [2.05, 4.69) is 0 Å². The van der Waals surface area contributed by atoms with Crippen molar-refractivity contribution in [2.24, 2.45) is 0 Å². The van der Waals surface area contributed by atoms with E-state index in [1.54, 1.807) is 18.2 Å². The van der Waals surface area contributed by atoms with E-state index >= 15 is 0 Å². The minimum absolute atomic E-state index is 0.180. The number of carbonyl (C=O) groups is 1. The molecule has 4 rings (SSSR count). The van der Waals surface area contributed by atoms with Crippen molar-refractivity contribution in [3.05, 3.63) is 48.0 Å². The first-order valence-corrected chi connectivity index (χ1v) is 11.2. The summed E-state index contributed by atoms with van der Waals surface area (Å²) in [7, 11) is 0. The number of fused-ring (bicyclic) bond motifs is 16. The zero-order chi connectivity index (χ0) is 21.7. The highest BCUT2D eigenvalue weighted by molar-refractivity contribution is 5.88. The molecular formula is C25H32O6. The lowest BCUT2D eigenvalue weighted by molar-refractivity contribution is 0.0695. The van der Waals surface area contributed by atoms with Gasteiger partial charge >= 0.3 is 5.97 Å². The Labute approximate surface area is 184 Å². The van der Waals surface area contributed by atoms with E-state index in [-0.39, 0.29) is 5.56 Å². The van der Waals surface area contributed by atoms with Crippen LogP contribution in [0.3, 0.4) is 0 Å². The number of ether oxygens (including phenoxy) is 4. The molecule has 2 aromatic carbocycles. The number of rotatable bonds is 1. The van der Waals surface area contributed by atoms with E-state index < -0.39 is 5.97 Å². The number of hydrogen-bond acceptors (Lipinski definition) is 5. The second kappa shape index (κ2) is 12.7. The van der Waals surface area contributed by atoms with Crippen LogP contribution in [0.5, 0.6) is 23.0 Å². The molecular weight excluding hydrogens is 396 g/mol. The Bertz CT molecular complexity index is 745. The molecule has 0 amide bonds. The van der Waals surface area contributed by atoms with E-state index in [9.17, 15) is 9.90 Å². The number of carboxylic acid groups (broad SMARTS) is 1. The van der Waals surface area contributed by atoms with Gasteiger partial charge in [-0.15, -0.1) is 0 Å². The van der Waals surface area contributed by atoms with Crippen LogP contribution >= 0.6 is 0 Å². The highest BCUT2D eigenvalue weighted by atomic mass is 16.5. The summed E-state index contributed by atoms with van der Waals surface area (Å²) in [6.07, 6.45) is 7.91. The summed E-state index contributed by atoms with van der Waals surface area (Å²) in [4.78, 5) is 11.4. The van der Waals surface area contributed by atoms with E-state index in [0.29, 0.717) is 37.9 Å². The molecule has 0 spiro atoms. The number of aromatic carboxylic acids is 1. The number of benzene rings is 2. The molecule has 168 valence electrons. The Morgan fingerprint density at radius 3 is 1.26 bits per heavy atom. The molecule has 2 heterocycles. The summed E-state index contributed by atoms with van der Waals surface area (Å²) >= 11 is 0. The Balaban J connectivity index is 1.55. The summed E-state index contributed by atoms with van der Waals surface area (Å²) in [6.45, 7) is 2.46. The molecule has 31 heavy (non-hydrogen) atoms. The minimum Gasteiger partial charge on any atom is -0.494 e. The third-order valence-electron chi connectivity index (χ3n) is 5.10. The van der Waals surface area contributed by atoms with Crippen molar-refractivity contribution in [1.82, 2.24) is 0 Å². The quantitative estimate of drug-likeness (QED) is 0.625. The fourth-order valence-corrected chi connectivity index (χ4v) is 3.37. The second-order valence-electron chi connectivity index (χ2n) is 7.69. The standard InChI is InChI=1S/C25H32O6/c26-25(27)20-17-23-19-24(18-20)31-16-8-4-2-6-14-29-22-11-9-21(10-12-22)28-13-5-1-3-7-15-30-23/h9-12,17-19H,1-8,13-16H2,(H,26,27). The topological polar surface area (TPSA) is 74.2 Å². The molecule has 6 nitrogen and oxygen atoms in total. The maximum absolute atomic E-state index is 11.4. The third-order valence-corrected chi connectivity index (χ3v) is 5.10. The normalized spacial score (nSPS) is 16.8. The largest absolute Gasteiger partial charge is 0.494 e. The summed E-state index contributed by atoms with van der Waals surface area (Å²) < 4.78 is 23.2. The van der Waals surface area contributed by atoms with Crippen LogP contribution in [0.25, 0.3) is 0 Å². The van der Waals surface area contributed by atoms with Gasteiger partial charge in [0.25, 0.3) is 0 Å². The Morgan fingerprint density at radius 2 is 0.903 bits per heavy atom. The van der Waals surface area contributed by atoms with Crippen molar-refractivity contribution in [2.75, 3.05) is 26.4 Å². The van der Waals surface area contributed by atoms with E-state index in [4.69, 9.17) is 18.9 Å². The van der Waals surface area contributed by atoms with Crippen LogP contribution in [-0.4, -0.2) is 37.5 Å². The third kappa shape index (κ3) is 8.40. The van der Waals surface area contributed by atoms with Gasteiger partial charge in [-0.3, -0.25) is 0 Å². The average molecular weight is 429 g/mol. The predicted molar refractivity (Wildman–Crippen MR) is 119 cm³/mol. The van der Waals surface area contributed by atoms with Gasteiger partial charge in [-0.1, -0.05) is 0 Å². The van der Waals surface area contributed by atoms with Crippen LogP contribution < -0.4 is 18.9 Å². The Kier molecular flexibility index (Phi) is 9.35. The Morgan fingerprint density at radius 1 is 0.548 bits per heavy atom. The molecule has 2 aromatic rings. The van der Waals surface area contributed by atoms with Crippen molar-refractivity contribution >= 4 is 5.97 Å². The van der Waals surface area contributed by atoms with Gasteiger partial charge in [-0.2, -0.15) is 0 Å². The van der Waals surface area contributed by atoms with Crippen molar-refractivity contribution < 1.29 is 28.8 Å². The van der Waals surface area contributed by atoms with Gasteiger partial charge in [0.05, 0.1) is 32.0 Å². The molecule has 0 fully saturated rings. The van der Waals surface area contributed by atoms with E-state index in [1.807, 2.05) is 24.3 Å². The fourth-order valence-electron chi connectivity index (χ4n) is 3.37. The lowest BCUT2D eigenvalue weighted by Crippen LogP contribution is -2.04. The van der Waals surface area contributed by atoms with Crippen molar-refractivity contribution in [1.29, 1.82) is 0 Å². The first-order valence-electron chi connectivity index (χ1n) is 11.2. The van der Waals surface area contributed by atoms with Gasteiger partial charge < -0.3 is 24.1 Å².